The lowest BCUT2D eigenvalue weighted by atomic mass is 10.1. The number of carbonyl (C=O) groups is 2. The maximum Gasteiger partial charge on any atom is 0.508 e. The van der Waals surface area contributed by atoms with Crippen LogP contribution < -0.4 is 0 Å². The first-order valence-electron chi connectivity index (χ1n) is 5.21. The van der Waals surface area contributed by atoms with Gasteiger partial charge in [-0.05, 0) is 23.7 Å². The molecule has 6 heteroatoms. The quantitative estimate of drug-likeness (QED) is 0.470. The summed E-state index contributed by atoms with van der Waals surface area (Å²) in [4.78, 5) is 22.3. The van der Waals surface area contributed by atoms with Crippen molar-refractivity contribution in [2.24, 2.45) is 0 Å². The molecule has 5 nitrogen and oxygen atoms in total. The summed E-state index contributed by atoms with van der Waals surface area (Å²) in [5, 5.41) is 8.00. The van der Waals surface area contributed by atoms with Gasteiger partial charge in [-0.25, -0.2) is 4.79 Å². The highest BCUT2D eigenvalue weighted by atomic mass is 35.5. The summed E-state index contributed by atoms with van der Waals surface area (Å²) in [5.41, 5.74) is 0.814. The molecule has 0 radical (unpaired) electrons. The van der Waals surface area contributed by atoms with Crippen LogP contribution in [0, 0.1) is 11.3 Å². The Morgan fingerprint density at radius 3 is 2.74 bits per heavy atom. The Kier molecular flexibility index (Phi) is 5.58. The van der Waals surface area contributed by atoms with Crippen LogP contribution in [0.4, 0.5) is 4.79 Å². The monoisotopic (exact) mass is 279 g/mol. The molecule has 0 amide bonds. The van der Waals surface area contributed by atoms with E-state index in [9.17, 15) is 9.59 Å². The van der Waals surface area contributed by atoms with Gasteiger partial charge in [0.25, 0.3) is 5.24 Å². The summed E-state index contributed by atoms with van der Waals surface area (Å²) in [6.45, 7) is 3.25. The van der Waals surface area contributed by atoms with Crippen molar-refractivity contribution < 1.29 is 19.1 Å². The molecule has 1 rings (SSSR count). The molecule has 0 spiro atoms. The third-order valence-corrected chi connectivity index (χ3v) is 2.32. The first-order chi connectivity index (χ1) is 9.08. The number of carbonyl (C=O) groups excluding carboxylic acids is 2. The molecule has 0 saturated heterocycles. The van der Waals surface area contributed by atoms with E-state index in [-0.39, 0.29) is 18.8 Å². The molecule has 0 saturated carbocycles. The van der Waals surface area contributed by atoms with E-state index in [2.05, 4.69) is 11.3 Å². The number of hydrogen-bond acceptors (Lipinski definition) is 5. The first-order valence-corrected chi connectivity index (χ1v) is 5.59. The number of nitriles is 1. The summed E-state index contributed by atoms with van der Waals surface area (Å²) in [7, 11) is 0. The predicted octanol–water partition coefficient (Wildman–Crippen LogP) is 2.78. The van der Waals surface area contributed by atoms with Crippen molar-refractivity contribution in [3.63, 3.8) is 0 Å². The van der Waals surface area contributed by atoms with Crippen molar-refractivity contribution in [2.75, 3.05) is 6.61 Å². The second-order valence-corrected chi connectivity index (χ2v) is 3.74. The number of halogens is 1. The Bertz CT molecular complexity index is 548. The lowest BCUT2D eigenvalue weighted by molar-refractivity contribution is 0.0573. The summed E-state index contributed by atoms with van der Waals surface area (Å²) < 4.78 is 9.40. The van der Waals surface area contributed by atoms with E-state index >= 15 is 0 Å². The van der Waals surface area contributed by atoms with Gasteiger partial charge in [0.05, 0.1) is 11.6 Å². The Balaban J connectivity index is 2.78. The van der Waals surface area contributed by atoms with E-state index in [1.165, 1.54) is 24.3 Å². The predicted molar refractivity (Wildman–Crippen MR) is 67.7 cm³/mol. The van der Waals surface area contributed by atoms with Crippen molar-refractivity contribution in [3.8, 4) is 6.07 Å². The van der Waals surface area contributed by atoms with Gasteiger partial charge in [-0.3, -0.25) is 4.79 Å². The molecule has 0 N–H and O–H groups in total. The van der Waals surface area contributed by atoms with Crippen LogP contribution in [0.15, 0.2) is 30.9 Å². The fourth-order valence-electron chi connectivity index (χ4n) is 1.26. The van der Waals surface area contributed by atoms with E-state index in [4.69, 9.17) is 21.6 Å². The molecule has 0 aliphatic carbocycles. The molecule has 1 aromatic carbocycles. The molecule has 0 aliphatic heterocycles. The molecule has 19 heavy (non-hydrogen) atoms. The number of hydrogen-bond donors (Lipinski definition) is 0. The SMILES string of the molecule is C=CCOC(=O)OCc1ccc(C#N)cc1C(=O)Cl. The highest BCUT2D eigenvalue weighted by molar-refractivity contribution is 6.67. The third-order valence-electron chi connectivity index (χ3n) is 2.12. The van der Waals surface area contributed by atoms with Gasteiger partial charge >= 0.3 is 6.16 Å². The number of ether oxygens (including phenoxy) is 2. The van der Waals surface area contributed by atoms with Crippen LogP contribution in [-0.4, -0.2) is 18.0 Å². The molecule has 0 aromatic heterocycles. The van der Waals surface area contributed by atoms with Gasteiger partial charge in [0.15, 0.2) is 0 Å². The minimum absolute atomic E-state index is 0.0352. The van der Waals surface area contributed by atoms with Crippen molar-refractivity contribution in [2.45, 2.75) is 6.61 Å². The molecule has 0 heterocycles. The van der Waals surface area contributed by atoms with Crippen LogP contribution in [0.2, 0.25) is 0 Å². The van der Waals surface area contributed by atoms with Crippen molar-refractivity contribution in [1.82, 2.24) is 0 Å². The van der Waals surface area contributed by atoms with E-state index in [1.807, 2.05) is 6.07 Å². The van der Waals surface area contributed by atoms with E-state index in [0.29, 0.717) is 11.1 Å². The van der Waals surface area contributed by atoms with Gasteiger partial charge in [-0.15, -0.1) is 0 Å². The van der Waals surface area contributed by atoms with Crippen LogP contribution in [0.3, 0.4) is 0 Å². The molecule has 98 valence electrons. The molecule has 1 aromatic rings. The van der Waals surface area contributed by atoms with Crippen molar-refractivity contribution in [1.29, 1.82) is 5.26 Å². The zero-order valence-corrected chi connectivity index (χ0v) is 10.6. The van der Waals surface area contributed by atoms with Crippen LogP contribution in [0.1, 0.15) is 21.5 Å². The molecular formula is C13H10ClNO4. The maximum atomic E-state index is 11.2. The van der Waals surface area contributed by atoms with Gasteiger partial charge in [-0.1, -0.05) is 18.7 Å². The maximum absolute atomic E-state index is 11.2. The standard InChI is InChI=1S/C13H10ClNO4/c1-2-5-18-13(17)19-8-10-4-3-9(7-15)6-11(10)12(14)16/h2-4,6H,1,5,8H2. The molecule has 0 unspecified atom stereocenters. The number of rotatable bonds is 5. The fraction of sp³-hybridized carbons (Fsp3) is 0.154. The summed E-state index contributed by atoms with van der Waals surface area (Å²) in [6, 6.07) is 6.22. The Labute approximate surface area is 115 Å². The lowest BCUT2D eigenvalue weighted by Gasteiger charge is -2.07. The normalized spacial score (nSPS) is 9.26. The second kappa shape index (κ2) is 7.19. The zero-order valence-electron chi connectivity index (χ0n) is 9.89. The minimum atomic E-state index is -0.878. The average Bonchev–Trinajstić information content (AvgIpc) is 2.42. The molecule has 0 aliphatic rings. The molecule has 0 atom stereocenters. The molecular weight excluding hydrogens is 270 g/mol. The largest absolute Gasteiger partial charge is 0.508 e. The third kappa shape index (κ3) is 4.45. The van der Waals surface area contributed by atoms with Crippen LogP contribution >= 0.6 is 11.6 Å². The number of benzene rings is 1. The van der Waals surface area contributed by atoms with Crippen molar-refractivity contribution in [3.05, 3.63) is 47.5 Å². The van der Waals surface area contributed by atoms with Crippen LogP contribution in [-0.2, 0) is 16.1 Å². The molecule has 0 bridgehead atoms. The van der Waals surface area contributed by atoms with Gasteiger partial charge in [0.2, 0.25) is 0 Å². The first kappa shape index (κ1) is 14.7. The average molecular weight is 280 g/mol. The summed E-state index contributed by atoms with van der Waals surface area (Å²) >= 11 is 5.40. The summed E-state index contributed by atoms with van der Waals surface area (Å²) in [5.74, 6) is 0. The van der Waals surface area contributed by atoms with E-state index in [1.54, 1.807) is 0 Å². The van der Waals surface area contributed by atoms with Gasteiger partial charge in [-0.2, -0.15) is 5.26 Å². The summed E-state index contributed by atoms with van der Waals surface area (Å²) in [6.07, 6.45) is 0.522. The van der Waals surface area contributed by atoms with Gasteiger partial charge in [0.1, 0.15) is 13.2 Å². The van der Waals surface area contributed by atoms with Gasteiger partial charge in [0, 0.05) is 11.1 Å². The highest BCUT2D eigenvalue weighted by Gasteiger charge is 2.12. The topological polar surface area (TPSA) is 76.4 Å². The zero-order chi connectivity index (χ0) is 14.3. The van der Waals surface area contributed by atoms with Crippen molar-refractivity contribution >= 4 is 23.0 Å². The minimum Gasteiger partial charge on any atom is -0.430 e. The Morgan fingerprint density at radius 2 is 2.16 bits per heavy atom. The van der Waals surface area contributed by atoms with Gasteiger partial charge < -0.3 is 9.47 Å². The smallest absolute Gasteiger partial charge is 0.430 e. The fourth-order valence-corrected chi connectivity index (χ4v) is 1.44. The highest BCUT2D eigenvalue weighted by Crippen LogP contribution is 2.15. The number of nitrogens with zero attached hydrogens (tertiary/aromatic N) is 1. The van der Waals surface area contributed by atoms with E-state index < -0.39 is 11.4 Å². The van der Waals surface area contributed by atoms with E-state index in [0.717, 1.165) is 0 Å². The molecule has 0 fully saturated rings. The second-order valence-electron chi connectivity index (χ2n) is 3.40. The lowest BCUT2D eigenvalue weighted by Crippen LogP contribution is -2.09. The Hall–Kier alpha value is -2.32. The Morgan fingerprint density at radius 1 is 1.42 bits per heavy atom. The van der Waals surface area contributed by atoms with Crippen LogP contribution in [0.5, 0.6) is 0 Å². The van der Waals surface area contributed by atoms with Crippen LogP contribution in [0.25, 0.3) is 0 Å².